The summed E-state index contributed by atoms with van der Waals surface area (Å²) in [6.45, 7) is 0. The Bertz CT molecular complexity index is 832. The van der Waals surface area contributed by atoms with E-state index in [1.807, 2.05) is 0 Å². The van der Waals surface area contributed by atoms with Crippen molar-refractivity contribution < 1.29 is 26.4 Å². The molecule has 0 saturated carbocycles. The first-order valence-electron chi connectivity index (χ1n) is 8.93. The first-order chi connectivity index (χ1) is 12.5. The van der Waals surface area contributed by atoms with E-state index in [9.17, 15) is 26.4 Å². The topological polar surface area (TPSA) is 80.5 Å². The lowest BCUT2D eigenvalue weighted by molar-refractivity contribution is -0.133. The van der Waals surface area contributed by atoms with Gasteiger partial charge < -0.3 is 10.6 Å². The zero-order chi connectivity index (χ0) is 19.9. The molecule has 2 bridgehead atoms. The zero-order valence-corrected chi connectivity index (χ0v) is 15.8. The standard InChI is InChI=1S/C18H23F3N2O3S/c1-27(25,26)9-18(24)23-12-2-3-13(23)5-11(4-12)17(22)7-10-6-15(20)16(21)8-14(10)19/h6,8,11-13,17H,2-5,7,9,22H2,1H3/t12-,13-,17+/m0/s1. The molecule has 0 spiro atoms. The van der Waals surface area contributed by atoms with Crippen LogP contribution in [0, 0.1) is 23.4 Å². The smallest absolute Gasteiger partial charge is 0.238 e. The Morgan fingerprint density at radius 2 is 1.70 bits per heavy atom. The van der Waals surface area contributed by atoms with Crippen LogP contribution in [0.15, 0.2) is 12.1 Å². The molecule has 0 aliphatic carbocycles. The van der Waals surface area contributed by atoms with Gasteiger partial charge in [0.25, 0.3) is 0 Å². The van der Waals surface area contributed by atoms with Gasteiger partial charge >= 0.3 is 0 Å². The number of halogens is 3. The van der Waals surface area contributed by atoms with Gasteiger partial charge in [0.1, 0.15) is 11.6 Å². The SMILES string of the molecule is CS(=O)(=O)CC(=O)N1[C@H]2CC[C@H]1CC([C@H](N)Cc1cc(F)c(F)cc1F)C2. The van der Waals surface area contributed by atoms with E-state index in [1.54, 1.807) is 4.90 Å². The van der Waals surface area contributed by atoms with E-state index in [1.165, 1.54) is 0 Å². The van der Waals surface area contributed by atoms with Gasteiger partial charge in [-0.2, -0.15) is 0 Å². The number of amides is 1. The number of rotatable bonds is 5. The summed E-state index contributed by atoms with van der Waals surface area (Å²) in [5.41, 5.74) is 6.26. The van der Waals surface area contributed by atoms with Crippen LogP contribution in [0.1, 0.15) is 31.2 Å². The molecule has 1 aromatic rings. The van der Waals surface area contributed by atoms with Gasteiger partial charge in [0.05, 0.1) is 0 Å². The molecule has 2 aliphatic heterocycles. The number of carbonyl (C=O) groups excluding carboxylic acids is 1. The van der Waals surface area contributed by atoms with Gasteiger partial charge in [-0.1, -0.05) is 0 Å². The number of hydrogen-bond acceptors (Lipinski definition) is 4. The Kier molecular flexibility index (Phi) is 5.54. The van der Waals surface area contributed by atoms with Crippen LogP contribution in [0.4, 0.5) is 13.2 Å². The number of hydrogen-bond donors (Lipinski definition) is 1. The van der Waals surface area contributed by atoms with Gasteiger partial charge in [0.2, 0.25) is 5.91 Å². The van der Waals surface area contributed by atoms with Gasteiger partial charge in [-0.25, -0.2) is 21.6 Å². The lowest BCUT2D eigenvalue weighted by Crippen LogP contribution is -2.51. The Morgan fingerprint density at radius 1 is 1.15 bits per heavy atom. The summed E-state index contributed by atoms with van der Waals surface area (Å²) < 4.78 is 63.2. The highest BCUT2D eigenvalue weighted by Crippen LogP contribution is 2.40. The van der Waals surface area contributed by atoms with Gasteiger partial charge in [-0.05, 0) is 49.7 Å². The van der Waals surface area contributed by atoms with Crippen LogP contribution >= 0.6 is 0 Å². The average Bonchev–Trinajstić information content (AvgIpc) is 2.81. The van der Waals surface area contributed by atoms with Gasteiger partial charge in [0, 0.05) is 30.4 Å². The second kappa shape index (κ2) is 7.43. The Labute approximate surface area is 156 Å². The summed E-state index contributed by atoms with van der Waals surface area (Å²) in [5.74, 6) is -4.06. The molecule has 2 saturated heterocycles. The number of sulfone groups is 1. The third kappa shape index (κ3) is 4.45. The van der Waals surface area contributed by atoms with E-state index < -0.39 is 39.1 Å². The molecule has 1 amide bonds. The van der Waals surface area contributed by atoms with Crippen LogP contribution in [-0.4, -0.2) is 49.4 Å². The maximum Gasteiger partial charge on any atom is 0.238 e. The highest BCUT2D eigenvalue weighted by molar-refractivity contribution is 7.91. The Balaban J connectivity index is 1.67. The number of nitrogens with zero attached hydrogens (tertiary/aromatic N) is 1. The van der Waals surface area contributed by atoms with Gasteiger partial charge in [-0.15, -0.1) is 0 Å². The predicted molar refractivity (Wildman–Crippen MR) is 94.1 cm³/mol. The zero-order valence-electron chi connectivity index (χ0n) is 15.0. The van der Waals surface area contributed by atoms with Crippen LogP contribution in [0.2, 0.25) is 0 Å². The highest BCUT2D eigenvalue weighted by Gasteiger charge is 2.44. The van der Waals surface area contributed by atoms with Crippen molar-refractivity contribution in [3.8, 4) is 0 Å². The summed E-state index contributed by atoms with van der Waals surface area (Å²) >= 11 is 0. The molecule has 0 unspecified atom stereocenters. The minimum absolute atomic E-state index is 0.00250. The maximum absolute atomic E-state index is 13.9. The lowest BCUT2D eigenvalue weighted by Gasteiger charge is -2.41. The van der Waals surface area contributed by atoms with Crippen molar-refractivity contribution in [2.45, 2.75) is 50.2 Å². The Hall–Kier alpha value is -1.61. The quantitative estimate of drug-likeness (QED) is 0.759. The normalized spacial score (nSPS) is 26.3. The van der Waals surface area contributed by atoms with Crippen molar-refractivity contribution in [3.05, 3.63) is 35.1 Å². The highest BCUT2D eigenvalue weighted by atomic mass is 32.2. The fourth-order valence-corrected chi connectivity index (χ4v) is 5.01. The maximum atomic E-state index is 13.9. The number of piperidine rings is 1. The first-order valence-corrected chi connectivity index (χ1v) is 11.0. The second-order valence-electron chi connectivity index (χ2n) is 7.71. The minimum Gasteiger partial charge on any atom is -0.336 e. The molecule has 5 nitrogen and oxygen atoms in total. The molecular weight excluding hydrogens is 381 g/mol. The number of carbonyl (C=O) groups is 1. The monoisotopic (exact) mass is 404 g/mol. The Morgan fingerprint density at radius 3 is 2.26 bits per heavy atom. The van der Waals surface area contributed by atoms with Gasteiger partial charge in [0.15, 0.2) is 21.5 Å². The predicted octanol–water partition coefficient (Wildman–Crippen LogP) is 1.79. The molecule has 0 aromatic heterocycles. The van der Waals surface area contributed by atoms with E-state index in [2.05, 4.69) is 0 Å². The lowest BCUT2D eigenvalue weighted by atomic mass is 9.82. The van der Waals surface area contributed by atoms with Crippen molar-refractivity contribution in [2.24, 2.45) is 11.7 Å². The second-order valence-corrected chi connectivity index (χ2v) is 9.85. The number of fused-ring (bicyclic) bond motifs is 2. The molecule has 2 aliphatic rings. The van der Waals surface area contributed by atoms with Crippen LogP contribution < -0.4 is 5.73 Å². The van der Waals surface area contributed by atoms with E-state index >= 15 is 0 Å². The van der Waals surface area contributed by atoms with Crippen LogP contribution in [0.25, 0.3) is 0 Å². The molecule has 1 aromatic carbocycles. The minimum atomic E-state index is -3.40. The average molecular weight is 404 g/mol. The largest absolute Gasteiger partial charge is 0.336 e. The molecule has 9 heteroatoms. The van der Waals surface area contributed by atoms with E-state index in [4.69, 9.17) is 5.73 Å². The summed E-state index contributed by atoms with van der Waals surface area (Å²) in [6.07, 6.45) is 3.86. The molecule has 0 radical (unpaired) electrons. The van der Waals surface area contributed by atoms with Crippen molar-refractivity contribution in [1.82, 2.24) is 4.90 Å². The molecule has 150 valence electrons. The molecule has 27 heavy (non-hydrogen) atoms. The number of benzene rings is 1. The van der Waals surface area contributed by atoms with Crippen molar-refractivity contribution in [3.63, 3.8) is 0 Å². The van der Waals surface area contributed by atoms with Crippen LogP contribution in [0.5, 0.6) is 0 Å². The van der Waals surface area contributed by atoms with Crippen LogP contribution in [-0.2, 0) is 21.1 Å². The molecule has 2 fully saturated rings. The molecule has 2 heterocycles. The van der Waals surface area contributed by atoms with E-state index in [0.29, 0.717) is 18.9 Å². The first kappa shape index (κ1) is 20.1. The van der Waals surface area contributed by atoms with Gasteiger partial charge in [-0.3, -0.25) is 4.79 Å². The molecular formula is C18H23F3N2O3S. The summed E-state index contributed by atoms with van der Waals surface area (Å²) in [7, 11) is -3.40. The molecule has 3 rings (SSSR count). The fraction of sp³-hybridized carbons (Fsp3) is 0.611. The summed E-state index contributed by atoms with van der Waals surface area (Å²) in [4.78, 5) is 14.0. The number of nitrogens with two attached hydrogens (primary N) is 1. The summed E-state index contributed by atoms with van der Waals surface area (Å²) in [5, 5.41) is 0. The van der Waals surface area contributed by atoms with E-state index in [0.717, 1.165) is 25.2 Å². The van der Waals surface area contributed by atoms with Crippen molar-refractivity contribution in [2.75, 3.05) is 12.0 Å². The third-order valence-electron chi connectivity index (χ3n) is 5.59. The van der Waals surface area contributed by atoms with Crippen molar-refractivity contribution in [1.29, 1.82) is 0 Å². The molecule has 2 N–H and O–H groups in total. The fourth-order valence-electron chi connectivity index (χ4n) is 4.42. The van der Waals surface area contributed by atoms with Crippen molar-refractivity contribution >= 4 is 15.7 Å². The summed E-state index contributed by atoms with van der Waals surface area (Å²) in [6, 6.07) is 0.740. The van der Waals surface area contributed by atoms with E-state index in [-0.39, 0.29) is 35.9 Å². The van der Waals surface area contributed by atoms with Crippen LogP contribution in [0.3, 0.4) is 0 Å². The third-order valence-corrected chi connectivity index (χ3v) is 6.36. The molecule has 3 atom stereocenters.